The average molecular weight is 308 g/mol. The summed E-state index contributed by atoms with van der Waals surface area (Å²) in [4.78, 5) is 0.226. The van der Waals surface area contributed by atoms with Crippen LogP contribution >= 0.6 is 0 Å². The maximum atomic E-state index is 12.3. The third kappa shape index (κ3) is 5.14. The number of hydrogen-bond acceptors (Lipinski definition) is 3. The van der Waals surface area contributed by atoms with E-state index in [9.17, 15) is 8.42 Å². The molecular weight excluding hydrogens is 284 g/mol. The Morgan fingerprint density at radius 1 is 1.33 bits per heavy atom. The minimum Gasteiger partial charge on any atom is -0.211 e. The molecule has 1 unspecified atom stereocenters. The molecule has 1 atom stereocenters. The van der Waals surface area contributed by atoms with E-state index >= 15 is 0 Å². The van der Waals surface area contributed by atoms with Gasteiger partial charge in [-0.3, -0.25) is 0 Å². The lowest BCUT2D eigenvalue weighted by Crippen LogP contribution is -2.29. The van der Waals surface area contributed by atoms with Crippen molar-refractivity contribution in [2.75, 3.05) is 6.54 Å². The predicted octanol–water partition coefficient (Wildman–Crippen LogP) is 3.36. The average Bonchev–Trinajstić information content (AvgIpc) is 2.47. The monoisotopic (exact) mass is 308 g/mol. The maximum Gasteiger partial charge on any atom is 0.240 e. The SMILES string of the molecule is CCCCC(CC)CNS(=O)(=O)c1ccc(C#N)c(C)c1. The number of benzene rings is 1. The van der Waals surface area contributed by atoms with Crippen molar-refractivity contribution in [1.29, 1.82) is 5.26 Å². The molecule has 0 spiro atoms. The molecule has 0 heterocycles. The van der Waals surface area contributed by atoms with Crippen LogP contribution in [0, 0.1) is 24.2 Å². The van der Waals surface area contributed by atoms with Gasteiger partial charge in [0.05, 0.1) is 16.5 Å². The lowest BCUT2D eigenvalue weighted by Gasteiger charge is -2.15. The van der Waals surface area contributed by atoms with E-state index in [0.29, 0.717) is 23.6 Å². The molecule has 0 aromatic heterocycles. The smallest absolute Gasteiger partial charge is 0.211 e. The number of nitrogens with one attached hydrogen (secondary N) is 1. The second kappa shape index (κ2) is 8.16. The second-order valence-corrected chi connectivity index (χ2v) is 7.12. The molecule has 1 rings (SSSR count). The fraction of sp³-hybridized carbons (Fsp3) is 0.562. The number of sulfonamides is 1. The summed E-state index contributed by atoms with van der Waals surface area (Å²) in [5, 5.41) is 8.89. The van der Waals surface area contributed by atoms with Crippen molar-refractivity contribution in [3.8, 4) is 6.07 Å². The Balaban J connectivity index is 2.77. The van der Waals surface area contributed by atoms with Crippen molar-refractivity contribution in [1.82, 2.24) is 4.72 Å². The van der Waals surface area contributed by atoms with E-state index in [-0.39, 0.29) is 4.90 Å². The molecule has 0 bridgehead atoms. The summed E-state index contributed by atoms with van der Waals surface area (Å²) in [5.74, 6) is 0.374. The van der Waals surface area contributed by atoms with Crippen LogP contribution in [0.5, 0.6) is 0 Å². The van der Waals surface area contributed by atoms with Crippen LogP contribution in [-0.2, 0) is 10.0 Å². The van der Waals surface area contributed by atoms with Crippen LogP contribution in [0.1, 0.15) is 50.7 Å². The first kappa shape index (κ1) is 17.7. The quantitative estimate of drug-likeness (QED) is 0.800. The third-order valence-electron chi connectivity index (χ3n) is 3.73. The van der Waals surface area contributed by atoms with E-state index in [2.05, 4.69) is 18.6 Å². The maximum absolute atomic E-state index is 12.3. The molecule has 4 nitrogen and oxygen atoms in total. The zero-order chi connectivity index (χ0) is 15.9. The van der Waals surface area contributed by atoms with Crippen molar-refractivity contribution in [3.05, 3.63) is 29.3 Å². The molecule has 0 radical (unpaired) electrons. The van der Waals surface area contributed by atoms with E-state index in [4.69, 9.17) is 5.26 Å². The van der Waals surface area contributed by atoms with Gasteiger partial charge in [0.25, 0.3) is 0 Å². The van der Waals surface area contributed by atoms with Gasteiger partial charge in [0.1, 0.15) is 0 Å². The van der Waals surface area contributed by atoms with Gasteiger partial charge in [-0.25, -0.2) is 13.1 Å². The van der Waals surface area contributed by atoms with Crippen molar-refractivity contribution in [3.63, 3.8) is 0 Å². The Hall–Kier alpha value is -1.38. The Morgan fingerprint density at radius 2 is 2.05 bits per heavy atom. The number of nitriles is 1. The molecule has 0 aliphatic heterocycles. The highest BCUT2D eigenvalue weighted by Crippen LogP contribution is 2.16. The van der Waals surface area contributed by atoms with Gasteiger partial charge in [0.15, 0.2) is 0 Å². The Bertz CT molecular complexity index is 603. The van der Waals surface area contributed by atoms with Crippen molar-refractivity contribution in [2.45, 2.75) is 51.3 Å². The van der Waals surface area contributed by atoms with Gasteiger partial charge < -0.3 is 0 Å². The topological polar surface area (TPSA) is 70.0 Å². The van der Waals surface area contributed by atoms with Crippen molar-refractivity contribution >= 4 is 10.0 Å². The highest BCUT2D eigenvalue weighted by atomic mass is 32.2. The van der Waals surface area contributed by atoms with Gasteiger partial charge in [-0.2, -0.15) is 5.26 Å². The number of rotatable bonds is 8. The van der Waals surface area contributed by atoms with Crippen LogP contribution < -0.4 is 4.72 Å². The molecule has 1 aromatic rings. The van der Waals surface area contributed by atoms with Gasteiger partial charge in [-0.05, 0) is 43.0 Å². The first-order valence-electron chi connectivity index (χ1n) is 7.45. The van der Waals surface area contributed by atoms with Crippen molar-refractivity contribution < 1.29 is 8.42 Å². The fourth-order valence-corrected chi connectivity index (χ4v) is 3.38. The molecule has 0 fully saturated rings. The molecule has 0 saturated carbocycles. The van der Waals surface area contributed by atoms with Crippen LogP contribution in [0.3, 0.4) is 0 Å². The van der Waals surface area contributed by atoms with Gasteiger partial charge in [0.2, 0.25) is 10.0 Å². The van der Waals surface area contributed by atoms with Crippen LogP contribution in [-0.4, -0.2) is 15.0 Å². The predicted molar refractivity (Wildman–Crippen MR) is 84.4 cm³/mol. The molecule has 21 heavy (non-hydrogen) atoms. The van der Waals surface area contributed by atoms with E-state index in [0.717, 1.165) is 25.7 Å². The summed E-state index contributed by atoms with van der Waals surface area (Å²) < 4.78 is 27.3. The molecule has 0 aliphatic carbocycles. The molecule has 0 saturated heterocycles. The lowest BCUT2D eigenvalue weighted by atomic mass is 10.00. The van der Waals surface area contributed by atoms with Gasteiger partial charge >= 0.3 is 0 Å². The van der Waals surface area contributed by atoms with E-state index in [1.807, 2.05) is 6.07 Å². The molecule has 0 aliphatic rings. The molecule has 0 amide bonds. The van der Waals surface area contributed by atoms with Gasteiger partial charge in [0, 0.05) is 6.54 Å². The summed E-state index contributed by atoms with van der Waals surface area (Å²) in [7, 11) is -3.50. The highest BCUT2D eigenvalue weighted by Gasteiger charge is 2.17. The number of nitrogens with zero attached hydrogens (tertiary/aromatic N) is 1. The van der Waals surface area contributed by atoms with E-state index < -0.39 is 10.0 Å². The standard InChI is InChI=1S/C16H24N2O2S/c1-4-6-7-14(5-2)12-18-21(19,20)16-9-8-15(11-17)13(3)10-16/h8-10,14,18H,4-7,12H2,1-3H3. The normalized spacial score (nSPS) is 12.9. The molecule has 5 heteroatoms. The zero-order valence-electron chi connectivity index (χ0n) is 13.0. The minimum absolute atomic E-state index is 0.226. The molecule has 1 aromatic carbocycles. The van der Waals surface area contributed by atoms with Crippen LogP contribution in [0.15, 0.2) is 23.1 Å². The molecular formula is C16H24N2O2S. The van der Waals surface area contributed by atoms with Crippen LogP contribution in [0.4, 0.5) is 0 Å². The summed E-state index contributed by atoms with van der Waals surface area (Å²) in [5.41, 5.74) is 1.18. The first-order chi connectivity index (χ1) is 9.94. The summed E-state index contributed by atoms with van der Waals surface area (Å²) in [6.07, 6.45) is 4.26. The Morgan fingerprint density at radius 3 is 2.57 bits per heavy atom. The fourth-order valence-electron chi connectivity index (χ4n) is 2.18. The minimum atomic E-state index is -3.50. The van der Waals surface area contributed by atoms with Gasteiger partial charge in [-0.1, -0.05) is 33.1 Å². The number of unbranched alkanes of at least 4 members (excludes halogenated alkanes) is 1. The largest absolute Gasteiger partial charge is 0.240 e. The van der Waals surface area contributed by atoms with Crippen LogP contribution in [0.25, 0.3) is 0 Å². The second-order valence-electron chi connectivity index (χ2n) is 5.36. The first-order valence-corrected chi connectivity index (χ1v) is 8.93. The Labute approximate surface area is 128 Å². The summed E-state index contributed by atoms with van der Waals surface area (Å²) >= 11 is 0. The van der Waals surface area contributed by atoms with E-state index in [1.165, 1.54) is 6.07 Å². The van der Waals surface area contributed by atoms with Crippen LogP contribution in [0.2, 0.25) is 0 Å². The summed E-state index contributed by atoms with van der Waals surface area (Å²) in [6, 6.07) is 6.63. The Kier molecular flexibility index (Phi) is 6.86. The number of aryl methyl sites for hydroxylation is 1. The third-order valence-corrected chi connectivity index (χ3v) is 5.16. The van der Waals surface area contributed by atoms with Crippen molar-refractivity contribution in [2.24, 2.45) is 5.92 Å². The number of hydrogen-bond donors (Lipinski definition) is 1. The highest BCUT2D eigenvalue weighted by molar-refractivity contribution is 7.89. The van der Waals surface area contributed by atoms with E-state index in [1.54, 1.807) is 19.1 Å². The lowest BCUT2D eigenvalue weighted by molar-refractivity contribution is 0.443. The zero-order valence-corrected chi connectivity index (χ0v) is 13.8. The molecule has 1 N–H and O–H groups in total. The van der Waals surface area contributed by atoms with Gasteiger partial charge in [-0.15, -0.1) is 0 Å². The molecule has 116 valence electrons. The summed E-state index contributed by atoms with van der Waals surface area (Å²) in [6.45, 7) is 6.43.